The van der Waals surface area contributed by atoms with E-state index in [-0.39, 0.29) is 12.6 Å². The van der Waals surface area contributed by atoms with Gasteiger partial charge < -0.3 is 20.1 Å². The zero-order valence-electron chi connectivity index (χ0n) is 12.7. The molecule has 1 saturated heterocycles. The number of aryl methyl sites for hydroxylation is 1. The lowest BCUT2D eigenvalue weighted by Gasteiger charge is -2.36. The lowest BCUT2D eigenvalue weighted by molar-refractivity contribution is 0.0727. The molecule has 0 aromatic heterocycles. The van der Waals surface area contributed by atoms with Crippen LogP contribution in [-0.4, -0.2) is 43.6 Å². The summed E-state index contributed by atoms with van der Waals surface area (Å²) < 4.78 is 5.43. The first-order chi connectivity index (χ1) is 9.61. The second-order valence-electron chi connectivity index (χ2n) is 5.75. The molecule has 1 unspecified atom stereocenters. The number of morpholine rings is 1. The van der Waals surface area contributed by atoms with Crippen molar-refractivity contribution in [2.45, 2.75) is 39.4 Å². The lowest BCUT2D eigenvalue weighted by atomic mass is 10.1. The highest BCUT2D eigenvalue weighted by atomic mass is 16.5. The van der Waals surface area contributed by atoms with Gasteiger partial charge in [0.1, 0.15) is 0 Å². The Morgan fingerprint density at radius 1 is 1.45 bits per heavy atom. The minimum absolute atomic E-state index is 0.0720. The fraction of sp³-hybridized carbons (Fsp3) is 0.625. The van der Waals surface area contributed by atoms with Crippen LogP contribution in [0, 0.1) is 6.92 Å². The molecule has 1 aliphatic rings. The first-order valence-corrected chi connectivity index (χ1v) is 7.40. The molecule has 1 fully saturated rings. The zero-order valence-corrected chi connectivity index (χ0v) is 12.7. The Hall–Kier alpha value is -1.10. The number of aliphatic hydroxyl groups is 1. The maximum absolute atomic E-state index is 9.46. The Labute approximate surface area is 121 Å². The molecule has 112 valence electrons. The van der Waals surface area contributed by atoms with Gasteiger partial charge >= 0.3 is 0 Å². The first-order valence-electron chi connectivity index (χ1n) is 7.40. The molecular formula is C16H26N2O2. The molecule has 0 radical (unpaired) electrons. The largest absolute Gasteiger partial charge is 0.394 e. The monoisotopic (exact) mass is 278 g/mol. The van der Waals surface area contributed by atoms with E-state index in [1.54, 1.807) is 0 Å². The maximum atomic E-state index is 9.46. The Bertz CT molecular complexity index is 434. The third-order valence-electron chi connectivity index (χ3n) is 3.80. The van der Waals surface area contributed by atoms with Crippen molar-refractivity contribution in [1.29, 1.82) is 0 Å². The average Bonchev–Trinajstić information content (AvgIpc) is 2.45. The van der Waals surface area contributed by atoms with E-state index in [0.717, 1.165) is 19.7 Å². The quantitative estimate of drug-likeness (QED) is 0.860. The maximum Gasteiger partial charge on any atom is 0.0755 e. The van der Waals surface area contributed by atoms with E-state index in [2.05, 4.69) is 49.2 Å². The van der Waals surface area contributed by atoms with E-state index in [1.807, 2.05) is 0 Å². The van der Waals surface area contributed by atoms with Crippen LogP contribution in [0.15, 0.2) is 18.2 Å². The molecule has 4 nitrogen and oxygen atoms in total. The van der Waals surface area contributed by atoms with Gasteiger partial charge in [-0.05, 0) is 30.2 Å². The molecule has 2 rings (SSSR count). The number of hydrogen-bond acceptors (Lipinski definition) is 4. The highest BCUT2D eigenvalue weighted by Crippen LogP contribution is 2.23. The molecule has 1 aromatic rings. The van der Waals surface area contributed by atoms with Gasteiger partial charge in [0.2, 0.25) is 0 Å². The van der Waals surface area contributed by atoms with Gasteiger partial charge in [-0.3, -0.25) is 0 Å². The van der Waals surface area contributed by atoms with E-state index >= 15 is 0 Å². The van der Waals surface area contributed by atoms with Crippen LogP contribution < -0.4 is 10.2 Å². The van der Waals surface area contributed by atoms with E-state index in [9.17, 15) is 5.11 Å². The number of benzene rings is 1. The Morgan fingerprint density at radius 2 is 2.25 bits per heavy atom. The predicted octanol–water partition coefficient (Wildman–Crippen LogP) is 1.69. The number of anilines is 1. The summed E-state index contributed by atoms with van der Waals surface area (Å²) in [6.45, 7) is 9.67. The van der Waals surface area contributed by atoms with Crippen molar-refractivity contribution in [2.24, 2.45) is 0 Å². The Morgan fingerprint density at radius 3 is 2.90 bits per heavy atom. The molecule has 0 saturated carbocycles. The van der Waals surface area contributed by atoms with Crippen LogP contribution in [-0.2, 0) is 11.3 Å². The van der Waals surface area contributed by atoms with Crippen LogP contribution in [0.5, 0.6) is 0 Å². The highest BCUT2D eigenvalue weighted by molar-refractivity contribution is 5.52. The molecule has 0 aliphatic carbocycles. The SMILES string of the molecule is Cc1cc(N2CCOCC2CO)ccc1CNC(C)C. The molecule has 0 spiro atoms. The summed E-state index contributed by atoms with van der Waals surface area (Å²) >= 11 is 0. The van der Waals surface area contributed by atoms with Crippen molar-refractivity contribution in [3.63, 3.8) is 0 Å². The van der Waals surface area contributed by atoms with Gasteiger partial charge in [0.05, 0.1) is 25.9 Å². The summed E-state index contributed by atoms with van der Waals surface area (Å²) in [7, 11) is 0. The molecule has 0 amide bonds. The average molecular weight is 278 g/mol. The number of nitrogens with zero attached hydrogens (tertiary/aromatic N) is 1. The normalized spacial score (nSPS) is 19.6. The fourth-order valence-corrected chi connectivity index (χ4v) is 2.52. The number of aliphatic hydroxyl groups excluding tert-OH is 1. The molecule has 1 aromatic carbocycles. The summed E-state index contributed by atoms with van der Waals surface area (Å²) in [4.78, 5) is 2.25. The summed E-state index contributed by atoms with van der Waals surface area (Å²) in [5, 5.41) is 12.9. The van der Waals surface area contributed by atoms with Crippen LogP contribution in [0.25, 0.3) is 0 Å². The molecule has 1 atom stereocenters. The predicted molar refractivity (Wildman–Crippen MR) is 82.2 cm³/mol. The molecule has 1 aliphatic heterocycles. The van der Waals surface area contributed by atoms with E-state index in [4.69, 9.17) is 4.74 Å². The number of ether oxygens (including phenoxy) is 1. The molecule has 1 heterocycles. The van der Waals surface area contributed by atoms with Crippen molar-refractivity contribution < 1.29 is 9.84 Å². The van der Waals surface area contributed by atoms with Crippen LogP contribution in [0.1, 0.15) is 25.0 Å². The molecular weight excluding hydrogens is 252 g/mol. The topological polar surface area (TPSA) is 44.7 Å². The van der Waals surface area contributed by atoms with Gasteiger partial charge in [-0.15, -0.1) is 0 Å². The van der Waals surface area contributed by atoms with Crippen LogP contribution in [0.2, 0.25) is 0 Å². The van der Waals surface area contributed by atoms with E-state index < -0.39 is 0 Å². The number of rotatable bonds is 5. The molecule has 2 N–H and O–H groups in total. The second kappa shape index (κ2) is 7.07. The van der Waals surface area contributed by atoms with Crippen molar-refractivity contribution in [3.8, 4) is 0 Å². The third-order valence-corrected chi connectivity index (χ3v) is 3.80. The lowest BCUT2D eigenvalue weighted by Crippen LogP contribution is -2.47. The number of nitrogens with one attached hydrogen (secondary N) is 1. The Kier molecular flexibility index (Phi) is 5.40. The summed E-state index contributed by atoms with van der Waals surface area (Å²) in [6, 6.07) is 7.11. The van der Waals surface area contributed by atoms with Crippen molar-refractivity contribution in [3.05, 3.63) is 29.3 Å². The second-order valence-corrected chi connectivity index (χ2v) is 5.75. The number of hydrogen-bond donors (Lipinski definition) is 2. The van der Waals surface area contributed by atoms with E-state index in [1.165, 1.54) is 16.8 Å². The summed E-state index contributed by atoms with van der Waals surface area (Å²) in [5.41, 5.74) is 3.80. The third kappa shape index (κ3) is 3.72. The van der Waals surface area contributed by atoms with Crippen molar-refractivity contribution in [1.82, 2.24) is 5.32 Å². The zero-order chi connectivity index (χ0) is 14.5. The Balaban J connectivity index is 2.11. The molecule has 0 bridgehead atoms. The van der Waals surface area contributed by atoms with Gasteiger partial charge in [0, 0.05) is 24.8 Å². The van der Waals surface area contributed by atoms with Crippen LogP contribution >= 0.6 is 0 Å². The summed E-state index contributed by atoms with van der Waals surface area (Å²) in [5.74, 6) is 0. The minimum atomic E-state index is 0.0720. The summed E-state index contributed by atoms with van der Waals surface area (Å²) in [6.07, 6.45) is 0. The van der Waals surface area contributed by atoms with Gasteiger partial charge in [-0.2, -0.15) is 0 Å². The molecule has 4 heteroatoms. The standard InChI is InChI=1S/C16H26N2O2/c1-12(2)17-9-14-4-5-15(8-13(14)3)18-6-7-20-11-16(18)10-19/h4-5,8,12,16-17,19H,6-7,9-11H2,1-3H3. The van der Waals surface area contributed by atoms with Crippen LogP contribution in [0.3, 0.4) is 0 Å². The highest BCUT2D eigenvalue weighted by Gasteiger charge is 2.22. The fourth-order valence-electron chi connectivity index (χ4n) is 2.52. The molecule has 20 heavy (non-hydrogen) atoms. The van der Waals surface area contributed by atoms with Gasteiger partial charge in [-0.1, -0.05) is 19.9 Å². The first kappa shape index (κ1) is 15.3. The van der Waals surface area contributed by atoms with Gasteiger partial charge in [-0.25, -0.2) is 0 Å². The van der Waals surface area contributed by atoms with Gasteiger partial charge in [0.25, 0.3) is 0 Å². The van der Waals surface area contributed by atoms with Crippen molar-refractivity contribution >= 4 is 5.69 Å². The van der Waals surface area contributed by atoms with Crippen molar-refractivity contribution in [2.75, 3.05) is 31.3 Å². The van der Waals surface area contributed by atoms with Crippen LogP contribution in [0.4, 0.5) is 5.69 Å². The van der Waals surface area contributed by atoms with E-state index in [0.29, 0.717) is 12.6 Å². The minimum Gasteiger partial charge on any atom is -0.394 e. The smallest absolute Gasteiger partial charge is 0.0755 e. The van der Waals surface area contributed by atoms with Gasteiger partial charge in [0.15, 0.2) is 0 Å².